The molecule has 0 amide bonds. The average molecular weight is 237 g/mol. The van der Waals surface area contributed by atoms with E-state index in [0.29, 0.717) is 11.3 Å². The minimum atomic E-state index is -0.358. The maximum absolute atomic E-state index is 11.3. The van der Waals surface area contributed by atoms with Crippen LogP contribution in [0.4, 0.5) is 5.69 Å². The van der Waals surface area contributed by atoms with Crippen LogP contribution in [0.15, 0.2) is 24.3 Å². The molecule has 1 rings (SSSR count). The monoisotopic (exact) mass is 237 g/mol. The number of carbonyl (C=O) groups is 1. The first-order valence-electron chi connectivity index (χ1n) is 4.94. The van der Waals surface area contributed by atoms with Crippen molar-refractivity contribution in [2.45, 2.75) is 6.42 Å². The number of thiol groups is 1. The van der Waals surface area contributed by atoms with Crippen LogP contribution in [0.25, 0.3) is 6.08 Å². The minimum absolute atomic E-state index is 0.358. The number of benzene rings is 1. The van der Waals surface area contributed by atoms with Crippen molar-refractivity contribution in [3.05, 3.63) is 35.4 Å². The van der Waals surface area contributed by atoms with E-state index >= 15 is 0 Å². The van der Waals surface area contributed by atoms with Crippen molar-refractivity contribution in [1.29, 1.82) is 0 Å². The summed E-state index contributed by atoms with van der Waals surface area (Å²) in [6, 6.07) is 5.07. The lowest BCUT2D eigenvalue weighted by atomic mass is 10.1. The van der Waals surface area contributed by atoms with E-state index in [1.807, 2.05) is 12.2 Å². The van der Waals surface area contributed by atoms with Crippen LogP contribution in [0.2, 0.25) is 0 Å². The Bertz CT molecular complexity index is 402. The fourth-order valence-corrected chi connectivity index (χ4v) is 1.40. The molecular formula is C12H15NO2S. The Balaban J connectivity index is 2.94. The lowest BCUT2D eigenvalue weighted by Gasteiger charge is -2.03. The van der Waals surface area contributed by atoms with Crippen molar-refractivity contribution in [2.75, 3.05) is 18.6 Å². The quantitative estimate of drug-likeness (QED) is 0.480. The molecule has 0 unspecified atom stereocenters. The van der Waals surface area contributed by atoms with Gasteiger partial charge in [-0.05, 0) is 35.9 Å². The third-order valence-corrected chi connectivity index (χ3v) is 2.36. The molecule has 0 aromatic heterocycles. The predicted molar refractivity (Wildman–Crippen MR) is 69.7 cm³/mol. The second-order valence-corrected chi connectivity index (χ2v) is 3.70. The molecule has 0 aliphatic rings. The molecule has 0 radical (unpaired) electrons. The lowest BCUT2D eigenvalue weighted by Crippen LogP contribution is -2.02. The van der Waals surface area contributed by atoms with Gasteiger partial charge in [0.1, 0.15) is 0 Å². The van der Waals surface area contributed by atoms with Gasteiger partial charge in [-0.1, -0.05) is 12.2 Å². The van der Waals surface area contributed by atoms with E-state index in [1.54, 1.807) is 18.2 Å². The van der Waals surface area contributed by atoms with Crippen molar-refractivity contribution in [2.24, 2.45) is 0 Å². The maximum atomic E-state index is 11.3. The zero-order valence-corrected chi connectivity index (χ0v) is 10.0. The number of esters is 1. The van der Waals surface area contributed by atoms with E-state index in [4.69, 9.17) is 5.73 Å². The Morgan fingerprint density at radius 2 is 2.31 bits per heavy atom. The van der Waals surface area contributed by atoms with E-state index < -0.39 is 0 Å². The number of carbonyl (C=O) groups excluding carboxylic acids is 1. The molecule has 0 atom stereocenters. The summed E-state index contributed by atoms with van der Waals surface area (Å²) in [7, 11) is 1.36. The van der Waals surface area contributed by atoms with Gasteiger partial charge < -0.3 is 10.5 Å². The normalized spacial score (nSPS) is 10.6. The van der Waals surface area contributed by atoms with Gasteiger partial charge >= 0.3 is 5.97 Å². The highest BCUT2D eigenvalue weighted by Gasteiger charge is 2.06. The molecule has 1 aromatic carbocycles. The number of hydrogen-bond donors (Lipinski definition) is 2. The van der Waals surface area contributed by atoms with Gasteiger partial charge in [0.15, 0.2) is 0 Å². The summed E-state index contributed by atoms with van der Waals surface area (Å²) in [4.78, 5) is 11.3. The molecule has 0 aliphatic heterocycles. The van der Waals surface area contributed by atoms with Gasteiger partial charge in [-0.2, -0.15) is 12.6 Å². The largest absolute Gasteiger partial charge is 0.465 e. The number of rotatable bonds is 4. The van der Waals surface area contributed by atoms with Crippen molar-refractivity contribution >= 4 is 30.4 Å². The molecule has 0 fully saturated rings. The van der Waals surface area contributed by atoms with E-state index in [9.17, 15) is 4.79 Å². The number of hydrogen-bond acceptors (Lipinski definition) is 4. The van der Waals surface area contributed by atoms with Crippen LogP contribution in [-0.2, 0) is 4.74 Å². The minimum Gasteiger partial charge on any atom is -0.465 e. The van der Waals surface area contributed by atoms with Crippen molar-refractivity contribution in [3.63, 3.8) is 0 Å². The molecule has 16 heavy (non-hydrogen) atoms. The number of anilines is 1. The zero-order valence-electron chi connectivity index (χ0n) is 9.14. The van der Waals surface area contributed by atoms with Gasteiger partial charge in [0.2, 0.25) is 0 Å². The summed E-state index contributed by atoms with van der Waals surface area (Å²) in [6.07, 6.45) is 4.72. The second kappa shape index (κ2) is 6.23. The predicted octanol–water partition coefficient (Wildman–Crippen LogP) is 2.39. The SMILES string of the molecule is COC(=O)c1ccc(N)c(C=CCCS)c1. The van der Waals surface area contributed by atoms with Gasteiger partial charge in [-0.25, -0.2) is 4.79 Å². The fourth-order valence-electron chi connectivity index (χ4n) is 1.25. The molecule has 1 aromatic rings. The number of nitrogens with two attached hydrogens (primary N) is 1. The maximum Gasteiger partial charge on any atom is 0.337 e. The van der Waals surface area contributed by atoms with Gasteiger partial charge in [-0.3, -0.25) is 0 Å². The van der Waals surface area contributed by atoms with Gasteiger partial charge in [0.05, 0.1) is 12.7 Å². The van der Waals surface area contributed by atoms with E-state index in [0.717, 1.165) is 17.7 Å². The van der Waals surface area contributed by atoms with Crippen molar-refractivity contribution in [3.8, 4) is 0 Å². The fraction of sp³-hybridized carbons (Fsp3) is 0.250. The van der Waals surface area contributed by atoms with E-state index in [-0.39, 0.29) is 5.97 Å². The highest BCUT2D eigenvalue weighted by molar-refractivity contribution is 7.80. The molecular weight excluding hydrogens is 222 g/mol. The first-order valence-corrected chi connectivity index (χ1v) is 5.57. The Kier molecular flexibility index (Phi) is 4.92. The van der Waals surface area contributed by atoms with Crippen LogP contribution >= 0.6 is 12.6 Å². The number of methoxy groups -OCH3 is 1. The number of nitrogen functional groups attached to an aromatic ring is 1. The standard InChI is InChI=1S/C12H15NO2S/c1-15-12(14)10-5-6-11(13)9(8-10)4-2-3-7-16/h2,4-6,8,16H,3,7,13H2,1H3. The third kappa shape index (κ3) is 3.31. The zero-order chi connectivity index (χ0) is 12.0. The van der Waals surface area contributed by atoms with Crippen LogP contribution in [0.3, 0.4) is 0 Å². The molecule has 86 valence electrons. The van der Waals surface area contributed by atoms with Crippen LogP contribution < -0.4 is 5.73 Å². The first-order chi connectivity index (χ1) is 7.69. The van der Waals surface area contributed by atoms with Gasteiger partial charge in [-0.15, -0.1) is 0 Å². The molecule has 0 spiro atoms. The van der Waals surface area contributed by atoms with Crippen LogP contribution in [0.1, 0.15) is 22.3 Å². The Hall–Kier alpha value is -1.42. The molecule has 4 heteroatoms. The number of allylic oxidation sites excluding steroid dienone is 1. The van der Waals surface area contributed by atoms with E-state index in [2.05, 4.69) is 17.4 Å². The average Bonchev–Trinajstić information content (AvgIpc) is 2.31. The molecule has 0 aliphatic carbocycles. The van der Waals surface area contributed by atoms with Gasteiger partial charge in [0.25, 0.3) is 0 Å². The summed E-state index contributed by atoms with van der Waals surface area (Å²) >= 11 is 4.10. The van der Waals surface area contributed by atoms with Crippen LogP contribution in [0, 0.1) is 0 Å². The van der Waals surface area contributed by atoms with Crippen LogP contribution in [0.5, 0.6) is 0 Å². The summed E-state index contributed by atoms with van der Waals surface area (Å²) in [6.45, 7) is 0. The second-order valence-electron chi connectivity index (χ2n) is 3.25. The molecule has 0 saturated carbocycles. The lowest BCUT2D eigenvalue weighted by molar-refractivity contribution is 0.0601. The molecule has 2 N–H and O–H groups in total. The topological polar surface area (TPSA) is 52.3 Å². The highest BCUT2D eigenvalue weighted by Crippen LogP contribution is 2.16. The summed E-state index contributed by atoms with van der Waals surface area (Å²) in [5.41, 5.74) is 7.76. The van der Waals surface area contributed by atoms with Crippen molar-refractivity contribution in [1.82, 2.24) is 0 Å². The highest BCUT2D eigenvalue weighted by atomic mass is 32.1. The summed E-state index contributed by atoms with van der Waals surface area (Å²) in [5, 5.41) is 0. The van der Waals surface area contributed by atoms with Gasteiger partial charge in [0, 0.05) is 5.69 Å². The first kappa shape index (κ1) is 12.6. The van der Waals surface area contributed by atoms with E-state index in [1.165, 1.54) is 7.11 Å². The molecule has 0 bridgehead atoms. The molecule has 0 heterocycles. The smallest absolute Gasteiger partial charge is 0.337 e. The molecule has 3 nitrogen and oxygen atoms in total. The Morgan fingerprint density at radius 1 is 1.56 bits per heavy atom. The third-order valence-electron chi connectivity index (χ3n) is 2.10. The Labute approximate surface area is 101 Å². The Morgan fingerprint density at radius 3 is 2.94 bits per heavy atom. The summed E-state index contributed by atoms with van der Waals surface area (Å²) in [5.74, 6) is 0.427. The summed E-state index contributed by atoms with van der Waals surface area (Å²) < 4.78 is 4.64. The number of ether oxygens (including phenoxy) is 1. The molecule has 0 saturated heterocycles. The van der Waals surface area contributed by atoms with Crippen molar-refractivity contribution < 1.29 is 9.53 Å². The van der Waals surface area contributed by atoms with Crippen LogP contribution in [-0.4, -0.2) is 18.8 Å².